The monoisotopic (exact) mass is 285 g/mol. The molecule has 0 unspecified atom stereocenters. The molecule has 1 fully saturated rings. The van der Waals surface area contributed by atoms with E-state index in [1.54, 1.807) is 4.57 Å². The van der Waals surface area contributed by atoms with Crippen LogP contribution in [0.25, 0.3) is 10.9 Å². The maximum absolute atomic E-state index is 12.5. The molecule has 0 spiro atoms. The molecule has 4 heteroatoms. The van der Waals surface area contributed by atoms with E-state index in [9.17, 15) is 4.79 Å². The van der Waals surface area contributed by atoms with Gasteiger partial charge in [0.1, 0.15) is 0 Å². The standard InChI is InChI=1S/C17H23N3O/c1-13-4-5-16-14(10-13)11-15(17(21)19(16)3)12-20-8-6-18(2)7-9-20/h4-5,10-11H,6-9,12H2,1-3H3. The summed E-state index contributed by atoms with van der Waals surface area (Å²) in [5, 5.41) is 1.15. The van der Waals surface area contributed by atoms with Gasteiger partial charge in [-0.25, -0.2) is 0 Å². The first kappa shape index (κ1) is 14.3. The van der Waals surface area contributed by atoms with Crippen molar-refractivity contribution in [3.8, 4) is 0 Å². The molecule has 1 aromatic carbocycles. The van der Waals surface area contributed by atoms with Crippen LogP contribution in [-0.4, -0.2) is 47.6 Å². The highest BCUT2D eigenvalue weighted by atomic mass is 16.1. The largest absolute Gasteiger partial charge is 0.311 e. The van der Waals surface area contributed by atoms with E-state index in [-0.39, 0.29) is 5.56 Å². The Hall–Kier alpha value is -1.65. The average Bonchev–Trinajstić information content (AvgIpc) is 2.46. The second-order valence-electron chi connectivity index (χ2n) is 6.18. The molecule has 0 amide bonds. The molecule has 0 radical (unpaired) electrons. The summed E-state index contributed by atoms with van der Waals surface area (Å²) in [5.41, 5.74) is 3.27. The maximum atomic E-state index is 12.5. The van der Waals surface area contributed by atoms with E-state index in [0.29, 0.717) is 0 Å². The molecule has 112 valence electrons. The van der Waals surface area contributed by atoms with Crippen molar-refractivity contribution < 1.29 is 0 Å². The first-order chi connectivity index (χ1) is 10.0. The van der Waals surface area contributed by atoms with Crippen LogP contribution in [0, 0.1) is 6.92 Å². The lowest BCUT2D eigenvalue weighted by Gasteiger charge is -2.32. The number of hydrogen-bond donors (Lipinski definition) is 0. The minimum atomic E-state index is 0.130. The first-order valence-corrected chi connectivity index (χ1v) is 7.55. The van der Waals surface area contributed by atoms with Crippen molar-refractivity contribution in [2.45, 2.75) is 13.5 Å². The van der Waals surface area contributed by atoms with Gasteiger partial charge in [0.15, 0.2) is 0 Å². The summed E-state index contributed by atoms with van der Waals surface area (Å²) in [7, 11) is 4.02. The Morgan fingerprint density at radius 1 is 1.05 bits per heavy atom. The van der Waals surface area contributed by atoms with Crippen LogP contribution in [0.2, 0.25) is 0 Å². The number of benzene rings is 1. The molecule has 1 aromatic heterocycles. The molecule has 0 atom stereocenters. The Kier molecular flexibility index (Phi) is 3.83. The molecule has 2 aromatic rings. The third-order valence-electron chi connectivity index (χ3n) is 4.44. The van der Waals surface area contributed by atoms with Crippen LogP contribution >= 0.6 is 0 Å². The van der Waals surface area contributed by atoms with E-state index in [4.69, 9.17) is 0 Å². The van der Waals surface area contributed by atoms with Crippen LogP contribution in [0.3, 0.4) is 0 Å². The zero-order valence-corrected chi connectivity index (χ0v) is 13.1. The summed E-state index contributed by atoms with van der Waals surface area (Å²) in [6.45, 7) is 7.06. The third kappa shape index (κ3) is 2.87. The highest BCUT2D eigenvalue weighted by Crippen LogP contribution is 2.16. The second kappa shape index (κ2) is 5.62. The lowest BCUT2D eigenvalue weighted by molar-refractivity contribution is 0.147. The number of aryl methyl sites for hydroxylation is 2. The molecule has 3 rings (SSSR count). The zero-order valence-electron chi connectivity index (χ0n) is 13.1. The highest BCUT2D eigenvalue weighted by molar-refractivity contribution is 5.80. The van der Waals surface area contributed by atoms with Crippen LogP contribution in [0.5, 0.6) is 0 Å². The second-order valence-corrected chi connectivity index (χ2v) is 6.18. The number of pyridine rings is 1. The highest BCUT2D eigenvalue weighted by Gasteiger charge is 2.16. The molecular formula is C17H23N3O. The number of rotatable bonds is 2. The third-order valence-corrected chi connectivity index (χ3v) is 4.44. The van der Waals surface area contributed by atoms with E-state index in [1.165, 1.54) is 5.56 Å². The molecule has 21 heavy (non-hydrogen) atoms. The van der Waals surface area contributed by atoms with Crippen molar-refractivity contribution in [2.75, 3.05) is 33.2 Å². The predicted octanol–water partition coefficient (Wildman–Crippen LogP) is 1.59. The molecule has 0 aliphatic carbocycles. The van der Waals surface area contributed by atoms with Gasteiger partial charge in [-0.1, -0.05) is 11.6 Å². The quantitative estimate of drug-likeness (QED) is 0.839. The molecule has 1 aliphatic heterocycles. The minimum Gasteiger partial charge on any atom is -0.311 e. The lowest BCUT2D eigenvalue weighted by Crippen LogP contribution is -2.44. The van der Waals surface area contributed by atoms with Crippen molar-refractivity contribution in [1.82, 2.24) is 14.4 Å². The van der Waals surface area contributed by atoms with Crippen molar-refractivity contribution >= 4 is 10.9 Å². The molecule has 4 nitrogen and oxygen atoms in total. The van der Waals surface area contributed by atoms with E-state index in [2.05, 4.69) is 42.0 Å². The van der Waals surface area contributed by atoms with Crippen LogP contribution < -0.4 is 5.56 Å². The topological polar surface area (TPSA) is 28.5 Å². The number of nitrogens with zero attached hydrogens (tertiary/aromatic N) is 3. The Balaban J connectivity index is 1.95. The van der Waals surface area contributed by atoms with Gasteiger partial charge in [-0.05, 0) is 37.6 Å². The Bertz CT molecular complexity index is 712. The normalized spacial score (nSPS) is 17.5. The Morgan fingerprint density at radius 2 is 1.76 bits per heavy atom. The van der Waals surface area contributed by atoms with Crippen molar-refractivity contribution in [3.05, 3.63) is 45.7 Å². The molecule has 0 bridgehead atoms. The number of aromatic nitrogens is 1. The zero-order chi connectivity index (χ0) is 15.0. The van der Waals surface area contributed by atoms with Crippen LogP contribution in [-0.2, 0) is 13.6 Å². The van der Waals surface area contributed by atoms with Crippen molar-refractivity contribution in [3.63, 3.8) is 0 Å². The summed E-state index contributed by atoms with van der Waals surface area (Å²) < 4.78 is 1.78. The Morgan fingerprint density at radius 3 is 2.48 bits per heavy atom. The lowest BCUT2D eigenvalue weighted by atomic mass is 10.1. The van der Waals surface area contributed by atoms with E-state index in [1.807, 2.05) is 13.1 Å². The summed E-state index contributed by atoms with van der Waals surface area (Å²) in [4.78, 5) is 17.2. The maximum Gasteiger partial charge on any atom is 0.255 e. The van der Waals surface area contributed by atoms with Gasteiger partial charge in [0.2, 0.25) is 0 Å². The van der Waals surface area contributed by atoms with Crippen molar-refractivity contribution in [2.24, 2.45) is 7.05 Å². The summed E-state index contributed by atoms with van der Waals surface area (Å²) in [6.07, 6.45) is 0. The van der Waals surface area contributed by atoms with Gasteiger partial charge >= 0.3 is 0 Å². The van der Waals surface area contributed by atoms with Crippen molar-refractivity contribution in [1.29, 1.82) is 0 Å². The molecule has 0 saturated carbocycles. The van der Waals surface area contributed by atoms with Gasteiger partial charge in [-0.3, -0.25) is 9.69 Å². The molecular weight excluding hydrogens is 262 g/mol. The number of hydrogen-bond acceptors (Lipinski definition) is 3. The predicted molar refractivity (Wildman–Crippen MR) is 86.7 cm³/mol. The van der Waals surface area contributed by atoms with Gasteiger partial charge in [0.25, 0.3) is 5.56 Å². The Labute approximate surface area is 125 Å². The van der Waals surface area contributed by atoms with E-state index >= 15 is 0 Å². The van der Waals surface area contributed by atoms with Gasteiger partial charge < -0.3 is 9.47 Å². The fourth-order valence-corrected chi connectivity index (χ4v) is 3.03. The number of likely N-dealkylation sites (N-methyl/N-ethyl adjacent to an activating group) is 1. The summed E-state index contributed by atoms with van der Waals surface area (Å²) in [6, 6.07) is 8.32. The van der Waals surface area contributed by atoms with Gasteiger partial charge in [-0.15, -0.1) is 0 Å². The molecule has 0 N–H and O–H groups in total. The fraction of sp³-hybridized carbons (Fsp3) is 0.471. The molecule has 1 saturated heterocycles. The first-order valence-electron chi connectivity index (χ1n) is 7.55. The van der Waals surface area contributed by atoms with E-state index < -0.39 is 0 Å². The summed E-state index contributed by atoms with van der Waals surface area (Å²) >= 11 is 0. The number of fused-ring (bicyclic) bond motifs is 1. The molecule has 2 heterocycles. The van der Waals surface area contributed by atoms with Gasteiger partial charge in [0, 0.05) is 45.3 Å². The average molecular weight is 285 g/mol. The van der Waals surface area contributed by atoms with Crippen LogP contribution in [0.15, 0.2) is 29.1 Å². The van der Waals surface area contributed by atoms with Gasteiger partial charge in [0.05, 0.1) is 5.52 Å². The van der Waals surface area contributed by atoms with Crippen LogP contribution in [0.4, 0.5) is 0 Å². The SMILES string of the molecule is Cc1ccc2c(c1)cc(CN1CCN(C)CC1)c(=O)n2C. The molecule has 1 aliphatic rings. The minimum absolute atomic E-state index is 0.130. The van der Waals surface area contributed by atoms with E-state index in [0.717, 1.165) is 49.2 Å². The van der Waals surface area contributed by atoms with Crippen LogP contribution in [0.1, 0.15) is 11.1 Å². The summed E-state index contributed by atoms with van der Waals surface area (Å²) in [5.74, 6) is 0. The van der Waals surface area contributed by atoms with Gasteiger partial charge in [-0.2, -0.15) is 0 Å². The number of piperazine rings is 1. The smallest absolute Gasteiger partial charge is 0.255 e. The fourth-order valence-electron chi connectivity index (χ4n) is 3.03.